The molecule has 1 rings (SSSR count). The lowest BCUT2D eigenvalue weighted by molar-refractivity contribution is -0.122. The van der Waals surface area contributed by atoms with E-state index in [2.05, 4.69) is 19.2 Å². The van der Waals surface area contributed by atoms with Gasteiger partial charge in [-0.25, -0.2) is 0 Å². The molecule has 12 heavy (non-hydrogen) atoms. The molecule has 0 spiro atoms. The van der Waals surface area contributed by atoms with E-state index in [1.807, 2.05) is 6.92 Å². The molecule has 0 bridgehead atoms. The molecule has 0 saturated heterocycles. The predicted octanol–water partition coefficient (Wildman–Crippen LogP) is 2.09. The van der Waals surface area contributed by atoms with Crippen molar-refractivity contribution in [3.8, 4) is 0 Å². The standard InChI is InChI=1S/C10H19NO/c1-4-9(12)11-8-6-5-7-10(8,2)3/h8H,4-7H2,1-3H3,(H,11,12). The van der Waals surface area contributed by atoms with Crippen LogP contribution in [0.25, 0.3) is 0 Å². The zero-order chi connectivity index (χ0) is 9.19. The Balaban J connectivity index is 2.47. The van der Waals surface area contributed by atoms with Gasteiger partial charge in [0.05, 0.1) is 0 Å². The Morgan fingerprint density at radius 3 is 2.67 bits per heavy atom. The Morgan fingerprint density at radius 2 is 2.25 bits per heavy atom. The fourth-order valence-corrected chi connectivity index (χ4v) is 1.89. The van der Waals surface area contributed by atoms with E-state index in [1.54, 1.807) is 0 Å². The van der Waals surface area contributed by atoms with Gasteiger partial charge in [-0.1, -0.05) is 27.2 Å². The van der Waals surface area contributed by atoms with Crippen molar-refractivity contribution >= 4 is 5.91 Å². The van der Waals surface area contributed by atoms with Crippen molar-refractivity contribution in [2.75, 3.05) is 0 Å². The summed E-state index contributed by atoms with van der Waals surface area (Å²) in [5.74, 6) is 0.190. The topological polar surface area (TPSA) is 29.1 Å². The molecule has 0 radical (unpaired) electrons. The van der Waals surface area contributed by atoms with Crippen LogP contribution < -0.4 is 5.32 Å². The summed E-state index contributed by atoms with van der Waals surface area (Å²) in [6.45, 7) is 6.37. The number of carbonyl (C=O) groups is 1. The van der Waals surface area contributed by atoms with Crippen molar-refractivity contribution in [2.24, 2.45) is 5.41 Å². The monoisotopic (exact) mass is 169 g/mol. The average molecular weight is 169 g/mol. The van der Waals surface area contributed by atoms with Gasteiger partial charge in [-0.15, -0.1) is 0 Å². The number of nitrogens with one attached hydrogen (secondary N) is 1. The first-order valence-electron chi connectivity index (χ1n) is 4.85. The third-order valence-corrected chi connectivity index (χ3v) is 2.91. The first-order chi connectivity index (χ1) is 5.56. The molecule has 0 heterocycles. The number of rotatable bonds is 2. The van der Waals surface area contributed by atoms with Crippen molar-refractivity contribution in [2.45, 2.75) is 52.5 Å². The Bertz CT molecular complexity index is 175. The SMILES string of the molecule is CCC(=O)NC1CCCC1(C)C. The van der Waals surface area contributed by atoms with Gasteiger partial charge in [-0.2, -0.15) is 0 Å². The van der Waals surface area contributed by atoms with Crippen LogP contribution in [0, 0.1) is 5.41 Å². The molecule has 2 heteroatoms. The van der Waals surface area contributed by atoms with E-state index in [9.17, 15) is 4.79 Å². The molecule has 1 aliphatic rings. The Hall–Kier alpha value is -0.530. The first kappa shape index (κ1) is 9.56. The van der Waals surface area contributed by atoms with Crippen molar-refractivity contribution in [3.05, 3.63) is 0 Å². The number of amides is 1. The van der Waals surface area contributed by atoms with E-state index in [4.69, 9.17) is 0 Å². The van der Waals surface area contributed by atoms with Crippen LogP contribution in [0.2, 0.25) is 0 Å². The summed E-state index contributed by atoms with van der Waals surface area (Å²) in [7, 11) is 0. The van der Waals surface area contributed by atoms with Crippen molar-refractivity contribution in [3.63, 3.8) is 0 Å². The highest BCUT2D eigenvalue weighted by Gasteiger charge is 2.34. The molecule has 0 aromatic heterocycles. The van der Waals surface area contributed by atoms with E-state index < -0.39 is 0 Å². The Labute approximate surface area is 74.7 Å². The number of carbonyl (C=O) groups excluding carboxylic acids is 1. The largest absolute Gasteiger partial charge is 0.353 e. The maximum absolute atomic E-state index is 11.1. The van der Waals surface area contributed by atoms with Crippen molar-refractivity contribution in [1.29, 1.82) is 0 Å². The molecule has 0 aromatic rings. The molecule has 1 saturated carbocycles. The molecule has 0 aromatic carbocycles. The lowest BCUT2D eigenvalue weighted by Crippen LogP contribution is -2.41. The van der Waals surface area contributed by atoms with E-state index in [0.717, 1.165) is 6.42 Å². The summed E-state index contributed by atoms with van der Waals surface area (Å²) in [5, 5.41) is 3.08. The molecule has 2 nitrogen and oxygen atoms in total. The molecule has 1 fully saturated rings. The molecule has 1 amide bonds. The summed E-state index contributed by atoms with van der Waals surface area (Å²) in [6.07, 6.45) is 4.24. The Kier molecular flexibility index (Phi) is 2.76. The van der Waals surface area contributed by atoms with Gasteiger partial charge >= 0.3 is 0 Å². The van der Waals surface area contributed by atoms with E-state index in [0.29, 0.717) is 17.9 Å². The highest BCUT2D eigenvalue weighted by atomic mass is 16.1. The van der Waals surface area contributed by atoms with E-state index in [-0.39, 0.29) is 5.91 Å². The van der Waals surface area contributed by atoms with Crippen LogP contribution in [0.15, 0.2) is 0 Å². The van der Waals surface area contributed by atoms with Crippen LogP contribution in [-0.4, -0.2) is 11.9 Å². The maximum Gasteiger partial charge on any atom is 0.219 e. The van der Waals surface area contributed by atoms with Gasteiger partial charge in [-0.05, 0) is 18.3 Å². The van der Waals surface area contributed by atoms with Crippen LogP contribution >= 0.6 is 0 Å². The van der Waals surface area contributed by atoms with Gasteiger partial charge in [0.15, 0.2) is 0 Å². The second-order valence-corrected chi connectivity index (χ2v) is 4.35. The molecule has 1 N–H and O–H groups in total. The molecule has 1 aliphatic carbocycles. The second kappa shape index (κ2) is 3.46. The van der Waals surface area contributed by atoms with Gasteiger partial charge in [0.2, 0.25) is 5.91 Å². The first-order valence-corrected chi connectivity index (χ1v) is 4.85. The summed E-state index contributed by atoms with van der Waals surface area (Å²) in [4.78, 5) is 11.1. The fraction of sp³-hybridized carbons (Fsp3) is 0.900. The predicted molar refractivity (Wildman–Crippen MR) is 49.9 cm³/mol. The van der Waals surface area contributed by atoms with Crippen LogP contribution in [-0.2, 0) is 4.79 Å². The molecular weight excluding hydrogens is 150 g/mol. The van der Waals surface area contributed by atoms with Crippen LogP contribution in [0.5, 0.6) is 0 Å². The van der Waals surface area contributed by atoms with Gasteiger partial charge in [0.25, 0.3) is 0 Å². The second-order valence-electron chi connectivity index (χ2n) is 4.35. The third-order valence-electron chi connectivity index (χ3n) is 2.91. The zero-order valence-corrected chi connectivity index (χ0v) is 8.31. The molecule has 1 unspecified atom stereocenters. The van der Waals surface area contributed by atoms with Gasteiger partial charge in [-0.3, -0.25) is 4.79 Å². The summed E-state index contributed by atoms with van der Waals surface area (Å²) < 4.78 is 0. The van der Waals surface area contributed by atoms with Gasteiger partial charge in [0.1, 0.15) is 0 Å². The maximum atomic E-state index is 11.1. The lowest BCUT2D eigenvalue weighted by atomic mass is 9.87. The van der Waals surface area contributed by atoms with E-state index >= 15 is 0 Å². The van der Waals surface area contributed by atoms with Crippen molar-refractivity contribution in [1.82, 2.24) is 5.32 Å². The van der Waals surface area contributed by atoms with Crippen LogP contribution in [0.3, 0.4) is 0 Å². The quantitative estimate of drug-likeness (QED) is 0.673. The third kappa shape index (κ3) is 1.99. The average Bonchev–Trinajstić information content (AvgIpc) is 2.31. The summed E-state index contributed by atoms with van der Waals surface area (Å²) in [6, 6.07) is 0.407. The van der Waals surface area contributed by atoms with Crippen molar-refractivity contribution < 1.29 is 4.79 Å². The molecule has 1 atom stereocenters. The molecule has 70 valence electrons. The smallest absolute Gasteiger partial charge is 0.219 e. The summed E-state index contributed by atoms with van der Waals surface area (Å²) >= 11 is 0. The highest BCUT2D eigenvalue weighted by molar-refractivity contribution is 5.75. The minimum atomic E-state index is 0.190. The number of hydrogen-bond donors (Lipinski definition) is 1. The molecule has 0 aliphatic heterocycles. The minimum absolute atomic E-state index is 0.190. The minimum Gasteiger partial charge on any atom is -0.353 e. The van der Waals surface area contributed by atoms with Crippen LogP contribution in [0.1, 0.15) is 46.5 Å². The fourth-order valence-electron chi connectivity index (χ4n) is 1.89. The van der Waals surface area contributed by atoms with Crippen LogP contribution in [0.4, 0.5) is 0 Å². The lowest BCUT2D eigenvalue weighted by Gasteiger charge is -2.27. The normalized spacial score (nSPS) is 27.1. The zero-order valence-electron chi connectivity index (χ0n) is 8.31. The summed E-state index contributed by atoms with van der Waals surface area (Å²) in [5.41, 5.74) is 0.310. The highest BCUT2D eigenvalue weighted by Crippen LogP contribution is 2.37. The van der Waals surface area contributed by atoms with Gasteiger partial charge < -0.3 is 5.32 Å². The van der Waals surface area contributed by atoms with E-state index in [1.165, 1.54) is 12.8 Å². The number of hydrogen-bond acceptors (Lipinski definition) is 1. The molecular formula is C10H19NO. The Morgan fingerprint density at radius 1 is 1.58 bits per heavy atom. The van der Waals surface area contributed by atoms with Gasteiger partial charge in [0, 0.05) is 12.5 Å².